The molecule has 0 amide bonds. The lowest BCUT2D eigenvalue weighted by atomic mass is 9.99. The van der Waals surface area contributed by atoms with Crippen LogP contribution in [0.3, 0.4) is 0 Å². The van der Waals surface area contributed by atoms with Gasteiger partial charge in [-0.1, -0.05) is 27.7 Å². The van der Waals surface area contributed by atoms with Gasteiger partial charge in [0.05, 0.1) is 0 Å². The summed E-state index contributed by atoms with van der Waals surface area (Å²) in [4.78, 5) is 5.06. The van der Waals surface area contributed by atoms with E-state index in [0.29, 0.717) is 0 Å². The molecule has 2 aliphatic rings. The molecular formula is C16H34N2. The second kappa shape index (κ2) is 8.92. The molecule has 0 bridgehead atoms. The highest BCUT2D eigenvalue weighted by molar-refractivity contribution is 4.68. The van der Waals surface area contributed by atoms with E-state index in [1.807, 2.05) is 0 Å². The Morgan fingerprint density at radius 2 is 0.944 bits per heavy atom. The third kappa shape index (κ3) is 6.19. The van der Waals surface area contributed by atoms with Crippen molar-refractivity contribution in [2.75, 3.05) is 39.3 Å². The average molecular weight is 254 g/mol. The molecule has 0 aliphatic carbocycles. The number of hydrogen-bond acceptors (Lipinski definition) is 2. The lowest BCUT2D eigenvalue weighted by Gasteiger charge is -2.28. The van der Waals surface area contributed by atoms with E-state index in [1.54, 1.807) is 0 Å². The van der Waals surface area contributed by atoms with Gasteiger partial charge in [-0.2, -0.15) is 0 Å². The summed E-state index contributed by atoms with van der Waals surface area (Å²) in [5, 5.41) is 0. The molecular weight excluding hydrogens is 220 g/mol. The minimum absolute atomic E-state index is 0.979. The largest absolute Gasteiger partial charge is 0.304 e. The van der Waals surface area contributed by atoms with Gasteiger partial charge in [-0.25, -0.2) is 0 Å². The van der Waals surface area contributed by atoms with Gasteiger partial charge < -0.3 is 9.80 Å². The maximum atomic E-state index is 2.53. The molecule has 2 heteroatoms. The van der Waals surface area contributed by atoms with E-state index in [-0.39, 0.29) is 0 Å². The maximum absolute atomic E-state index is 2.53. The van der Waals surface area contributed by atoms with E-state index in [2.05, 4.69) is 37.5 Å². The van der Waals surface area contributed by atoms with Gasteiger partial charge in [0, 0.05) is 0 Å². The highest BCUT2D eigenvalue weighted by Gasteiger charge is 2.13. The summed E-state index contributed by atoms with van der Waals surface area (Å²) < 4.78 is 0. The van der Waals surface area contributed by atoms with Crippen molar-refractivity contribution in [3.8, 4) is 0 Å². The Balaban J connectivity index is 0.000000180. The Morgan fingerprint density at radius 3 is 1.17 bits per heavy atom. The van der Waals surface area contributed by atoms with Crippen LogP contribution in [-0.4, -0.2) is 49.1 Å². The Morgan fingerprint density at radius 1 is 0.667 bits per heavy atom. The van der Waals surface area contributed by atoms with Crippen molar-refractivity contribution in [1.29, 1.82) is 0 Å². The van der Waals surface area contributed by atoms with Crippen molar-refractivity contribution in [3.05, 3.63) is 0 Å². The van der Waals surface area contributed by atoms with Crippen molar-refractivity contribution in [1.82, 2.24) is 9.80 Å². The van der Waals surface area contributed by atoms with Gasteiger partial charge in [-0.15, -0.1) is 0 Å². The minimum Gasteiger partial charge on any atom is -0.304 e. The first kappa shape index (κ1) is 16.0. The maximum Gasteiger partial charge on any atom is -0.00163 e. The predicted octanol–water partition coefficient (Wildman–Crippen LogP) is 3.48. The Labute approximate surface area is 115 Å². The van der Waals surface area contributed by atoms with Crippen molar-refractivity contribution in [2.24, 2.45) is 11.8 Å². The van der Waals surface area contributed by atoms with E-state index in [4.69, 9.17) is 0 Å². The fourth-order valence-corrected chi connectivity index (χ4v) is 2.76. The zero-order valence-electron chi connectivity index (χ0n) is 13.1. The zero-order valence-corrected chi connectivity index (χ0v) is 13.1. The molecule has 2 heterocycles. The SMILES string of the molecule is CCN1CCC(C)CC1.CCN1CCC(C)CC1. The van der Waals surface area contributed by atoms with Gasteiger partial charge in [-0.05, 0) is 76.8 Å². The molecule has 0 unspecified atom stereocenters. The Kier molecular flexibility index (Phi) is 7.92. The highest BCUT2D eigenvalue weighted by Crippen LogP contribution is 2.15. The van der Waals surface area contributed by atoms with Gasteiger partial charge in [0.2, 0.25) is 0 Å². The molecule has 2 rings (SSSR count). The number of nitrogens with zero attached hydrogens (tertiary/aromatic N) is 2. The smallest absolute Gasteiger partial charge is 0.00163 e. The van der Waals surface area contributed by atoms with Crippen LogP contribution in [-0.2, 0) is 0 Å². The molecule has 108 valence electrons. The molecule has 0 aromatic carbocycles. The predicted molar refractivity (Wildman–Crippen MR) is 81.0 cm³/mol. The zero-order chi connectivity index (χ0) is 13.4. The minimum atomic E-state index is 0.979. The molecule has 2 fully saturated rings. The first-order valence-corrected chi connectivity index (χ1v) is 8.10. The summed E-state index contributed by atoms with van der Waals surface area (Å²) in [7, 11) is 0. The molecule has 0 spiro atoms. The van der Waals surface area contributed by atoms with Crippen LogP contribution in [0.2, 0.25) is 0 Å². The van der Waals surface area contributed by atoms with Gasteiger partial charge in [0.1, 0.15) is 0 Å². The summed E-state index contributed by atoms with van der Waals surface area (Å²) in [5.74, 6) is 1.96. The molecule has 0 radical (unpaired) electrons. The molecule has 0 aromatic heterocycles. The molecule has 0 atom stereocenters. The van der Waals surface area contributed by atoms with E-state index in [9.17, 15) is 0 Å². The van der Waals surface area contributed by atoms with Gasteiger partial charge in [-0.3, -0.25) is 0 Å². The van der Waals surface area contributed by atoms with Crippen LogP contribution < -0.4 is 0 Å². The van der Waals surface area contributed by atoms with Crippen LogP contribution >= 0.6 is 0 Å². The van der Waals surface area contributed by atoms with E-state index < -0.39 is 0 Å². The van der Waals surface area contributed by atoms with E-state index >= 15 is 0 Å². The summed E-state index contributed by atoms with van der Waals surface area (Å²) >= 11 is 0. The number of piperidine rings is 2. The van der Waals surface area contributed by atoms with Crippen LogP contribution in [0.25, 0.3) is 0 Å². The van der Waals surface area contributed by atoms with Crippen molar-refractivity contribution >= 4 is 0 Å². The molecule has 2 nitrogen and oxygen atoms in total. The van der Waals surface area contributed by atoms with E-state index in [1.165, 1.54) is 65.0 Å². The quantitative estimate of drug-likeness (QED) is 0.744. The topological polar surface area (TPSA) is 6.48 Å². The molecule has 2 aliphatic heterocycles. The van der Waals surface area contributed by atoms with Gasteiger partial charge in [0.25, 0.3) is 0 Å². The number of hydrogen-bond donors (Lipinski definition) is 0. The third-order valence-corrected chi connectivity index (χ3v) is 4.65. The van der Waals surface area contributed by atoms with Crippen LogP contribution in [0.15, 0.2) is 0 Å². The molecule has 0 N–H and O–H groups in total. The Bertz CT molecular complexity index is 167. The number of rotatable bonds is 2. The Hall–Kier alpha value is -0.0800. The van der Waals surface area contributed by atoms with E-state index in [0.717, 1.165) is 11.8 Å². The molecule has 0 saturated carbocycles. The summed E-state index contributed by atoms with van der Waals surface area (Å²) in [6, 6.07) is 0. The van der Waals surface area contributed by atoms with Gasteiger partial charge >= 0.3 is 0 Å². The first-order valence-electron chi connectivity index (χ1n) is 8.10. The van der Waals surface area contributed by atoms with Crippen molar-refractivity contribution in [3.63, 3.8) is 0 Å². The third-order valence-electron chi connectivity index (χ3n) is 4.65. The average Bonchev–Trinajstić information content (AvgIpc) is 2.41. The lowest BCUT2D eigenvalue weighted by molar-refractivity contribution is 0.201. The molecule has 2 saturated heterocycles. The molecule has 0 aromatic rings. The lowest BCUT2D eigenvalue weighted by Crippen LogP contribution is -2.32. The standard InChI is InChI=1S/2C8H17N/c2*1-3-9-6-4-8(2)5-7-9/h2*8H,3-7H2,1-2H3. The monoisotopic (exact) mass is 254 g/mol. The van der Waals surface area contributed by atoms with Crippen LogP contribution in [0, 0.1) is 11.8 Å². The van der Waals surface area contributed by atoms with Crippen molar-refractivity contribution in [2.45, 2.75) is 53.4 Å². The first-order chi connectivity index (χ1) is 8.65. The fourth-order valence-electron chi connectivity index (χ4n) is 2.76. The number of likely N-dealkylation sites (tertiary alicyclic amines) is 2. The van der Waals surface area contributed by atoms with Crippen LogP contribution in [0.5, 0.6) is 0 Å². The summed E-state index contributed by atoms with van der Waals surface area (Å²) in [6.45, 7) is 17.0. The second-order valence-electron chi connectivity index (χ2n) is 6.23. The summed E-state index contributed by atoms with van der Waals surface area (Å²) in [6.07, 6.45) is 5.64. The summed E-state index contributed by atoms with van der Waals surface area (Å²) in [5.41, 5.74) is 0. The fraction of sp³-hybridized carbons (Fsp3) is 1.00. The van der Waals surface area contributed by atoms with Crippen LogP contribution in [0.1, 0.15) is 53.4 Å². The molecule has 18 heavy (non-hydrogen) atoms. The van der Waals surface area contributed by atoms with Crippen LogP contribution in [0.4, 0.5) is 0 Å². The van der Waals surface area contributed by atoms with Gasteiger partial charge in [0.15, 0.2) is 0 Å². The highest BCUT2D eigenvalue weighted by atomic mass is 15.1. The normalized spacial score (nSPS) is 24.7. The second-order valence-corrected chi connectivity index (χ2v) is 6.23. The van der Waals surface area contributed by atoms with Crippen molar-refractivity contribution < 1.29 is 0 Å².